The first kappa shape index (κ1) is 10.5. The second kappa shape index (κ2) is 4.67. The topological polar surface area (TPSA) is 29.5 Å². The summed E-state index contributed by atoms with van der Waals surface area (Å²) in [6.07, 6.45) is 3.58. The van der Waals surface area contributed by atoms with E-state index in [1.54, 1.807) is 0 Å². The van der Waals surface area contributed by atoms with Crippen molar-refractivity contribution in [3.05, 3.63) is 29.3 Å². The number of aliphatic hydroxyl groups is 1. The molecule has 1 aromatic rings. The van der Waals surface area contributed by atoms with Crippen LogP contribution in [0.3, 0.4) is 0 Å². The molecule has 1 N–H and O–H groups in total. The lowest BCUT2D eigenvalue weighted by molar-refractivity contribution is 0.158. The molecule has 2 nitrogen and oxygen atoms in total. The number of hydrogen-bond donors (Lipinski definition) is 1. The van der Waals surface area contributed by atoms with Crippen LogP contribution in [0.5, 0.6) is 5.75 Å². The van der Waals surface area contributed by atoms with Crippen molar-refractivity contribution in [1.29, 1.82) is 0 Å². The molecule has 1 aliphatic heterocycles. The third-order valence-electron chi connectivity index (χ3n) is 2.88. The third kappa shape index (κ3) is 2.15. The van der Waals surface area contributed by atoms with Crippen molar-refractivity contribution >= 4 is 0 Å². The molecule has 0 aromatic heterocycles. The molecule has 1 aliphatic rings. The second-order valence-corrected chi connectivity index (χ2v) is 4.09. The lowest BCUT2D eigenvalue weighted by Crippen LogP contribution is -2.12. The number of aliphatic hydroxyl groups excluding tert-OH is 1. The van der Waals surface area contributed by atoms with Crippen LogP contribution in [0.1, 0.15) is 43.4 Å². The molecule has 0 amide bonds. The first-order chi connectivity index (χ1) is 7.33. The van der Waals surface area contributed by atoms with Crippen LogP contribution in [0.4, 0.5) is 0 Å². The molecule has 0 radical (unpaired) electrons. The van der Waals surface area contributed by atoms with E-state index in [4.69, 9.17) is 4.74 Å². The Morgan fingerprint density at radius 2 is 2.33 bits per heavy atom. The summed E-state index contributed by atoms with van der Waals surface area (Å²) in [7, 11) is 0. The van der Waals surface area contributed by atoms with Gasteiger partial charge in [-0.1, -0.05) is 31.5 Å². The van der Waals surface area contributed by atoms with Gasteiger partial charge in [-0.25, -0.2) is 0 Å². The van der Waals surface area contributed by atoms with Gasteiger partial charge in [-0.05, 0) is 24.8 Å². The number of rotatable bonds is 3. The van der Waals surface area contributed by atoms with E-state index in [9.17, 15) is 5.11 Å². The maximum absolute atomic E-state index is 10.00. The second-order valence-electron chi connectivity index (χ2n) is 4.09. The standard InChI is InChI=1S/C13H18O2/c1-2-5-12(14)11-8-3-6-10-7-4-9-15-13(10)11/h3,6,8,12,14H,2,4-5,7,9H2,1H3. The molecule has 15 heavy (non-hydrogen) atoms. The van der Waals surface area contributed by atoms with Crippen molar-refractivity contribution in [1.82, 2.24) is 0 Å². The quantitative estimate of drug-likeness (QED) is 0.824. The summed E-state index contributed by atoms with van der Waals surface area (Å²) in [5.74, 6) is 0.935. The van der Waals surface area contributed by atoms with Gasteiger partial charge < -0.3 is 9.84 Å². The van der Waals surface area contributed by atoms with Crippen LogP contribution in [0, 0.1) is 0 Å². The van der Waals surface area contributed by atoms with Crippen LogP contribution in [-0.2, 0) is 6.42 Å². The SMILES string of the molecule is CCCC(O)c1cccc2c1OCCC2. The van der Waals surface area contributed by atoms with E-state index >= 15 is 0 Å². The molecule has 0 fully saturated rings. The first-order valence-electron chi connectivity index (χ1n) is 5.75. The molecule has 0 spiro atoms. The lowest BCUT2D eigenvalue weighted by Gasteiger charge is -2.22. The summed E-state index contributed by atoms with van der Waals surface area (Å²) < 4.78 is 5.66. The number of aryl methyl sites for hydroxylation is 1. The van der Waals surface area contributed by atoms with Gasteiger partial charge in [0.2, 0.25) is 0 Å². The van der Waals surface area contributed by atoms with Gasteiger partial charge in [0.05, 0.1) is 12.7 Å². The fourth-order valence-electron chi connectivity index (χ4n) is 2.11. The highest BCUT2D eigenvalue weighted by atomic mass is 16.5. The predicted molar refractivity (Wildman–Crippen MR) is 60.1 cm³/mol. The summed E-state index contributed by atoms with van der Waals surface area (Å²) >= 11 is 0. The fraction of sp³-hybridized carbons (Fsp3) is 0.538. The van der Waals surface area contributed by atoms with Gasteiger partial charge in [-0.3, -0.25) is 0 Å². The number of benzene rings is 1. The van der Waals surface area contributed by atoms with Crippen LogP contribution < -0.4 is 4.74 Å². The van der Waals surface area contributed by atoms with E-state index in [0.29, 0.717) is 0 Å². The molecule has 1 atom stereocenters. The minimum atomic E-state index is -0.372. The summed E-state index contributed by atoms with van der Waals surface area (Å²) in [5, 5.41) is 10.00. The molecule has 1 heterocycles. The molecular weight excluding hydrogens is 188 g/mol. The summed E-state index contributed by atoms with van der Waals surface area (Å²) in [5.41, 5.74) is 2.21. The highest BCUT2D eigenvalue weighted by Gasteiger charge is 2.18. The average molecular weight is 206 g/mol. The van der Waals surface area contributed by atoms with E-state index in [-0.39, 0.29) is 6.10 Å². The Morgan fingerprint density at radius 1 is 1.47 bits per heavy atom. The van der Waals surface area contributed by atoms with Crippen LogP contribution in [0.2, 0.25) is 0 Å². The van der Waals surface area contributed by atoms with Crippen LogP contribution in [0.15, 0.2) is 18.2 Å². The number of fused-ring (bicyclic) bond motifs is 1. The van der Waals surface area contributed by atoms with Gasteiger partial charge in [-0.15, -0.1) is 0 Å². The number of hydrogen-bond acceptors (Lipinski definition) is 2. The van der Waals surface area contributed by atoms with E-state index in [1.165, 1.54) is 5.56 Å². The molecule has 82 valence electrons. The normalized spacial score (nSPS) is 16.7. The minimum absolute atomic E-state index is 0.372. The van der Waals surface area contributed by atoms with Gasteiger partial charge in [0.1, 0.15) is 5.75 Å². The Hall–Kier alpha value is -1.02. The zero-order valence-corrected chi connectivity index (χ0v) is 9.20. The zero-order chi connectivity index (χ0) is 10.7. The molecule has 0 bridgehead atoms. The highest BCUT2D eigenvalue weighted by molar-refractivity contribution is 5.43. The van der Waals surface area contributed by atoms with Gasteiger partial charge in [0.15, 0.2) is 0 Å². The van der Waals surface area contributed by atoms with Crippen molar-refractivity contribution < 1.29 is 9.84 Å². The van der Waals surface area contributed by atoms with Gasteiger partial charge in [0, 0.05) is 5.56 Å². The molecule has 2 rings (SSSR count). The predicted octanol–water partition coefficient (Wildman–Crippen LogP) is 2.85. The van der Waals surface area contributed by atoms with Crippen molar-refractivity contribution in [2.24, 2.45) is 0 Å². The van der Waals surface area contributed by atoms with Crippen LogP contribution >= 0.6 is 0 Å². The zero-order valence-electron chi connectivity index (χ0n) is 9.20. The van der Waals surface area contributed by atoms with Crippen LogP contribution in [-0.4, -0.2) is 11.7 Å². The van der Waals surface area contributed by atoms with Crippen molar-refractivity contribution in [3.8, 4) is 5.75 Å². The maximum Gasteiger partial charge on any atom is 0.128 e. The van der Waals surface area contributed by atoms with E-state index in [2.05, 4.69) is 13.0 Å². The third-order valence-corrected chi connectivity index (χ3v) is 2.88. The smallest absolute Gasteiger partial charge is 0.128 e. The molecule has 0 saturated carbocycles. The van der Waals surface area contributed by atoms with Gasteiger partial charge in [0.25, 0.3) is 0 Å². The highest BCUT2D eigenvalue weighted by Crippen LogP contribution is 2.34. The van der Waals surface area contributed by atoms with E-state index in [1.807, 2.05) is 12.1 Å². The van der Waals surface area contributed by atoms with E-state index < -0.39 is 0 Å². The molecule has 2 heteroatoms. The Bertz CT molecular complexity index is 333. The monoisotopic (exact) mass is 206 g/mol. The van der Waals surface area contributed by atoms with Crippen molar-refractivity contribution in [2.75, 3.05) is 6.61 Å². The van der Waals surface area contributed by atoms with Gasteiger partial charge >= 0.3 is 0 Å². The summed E-state index contributed by atoms with van der Waals surface area (Å²) in [6.45, 7) is 2.86. The van der Waals surface area contributed by atoms with Crippen molar-refractivity contribution in [3.63, 3.8) is 0 Å². The Morgan fingerprint density at radius 3 is 3.13 bits per heavy atom. The molecular formula is C13H18O2. The first-order valence-corrected chi connectivity index (χ1v) is 5.75. The van der Waals surface area contributed by atoms with E-state index in [0.717, 1.165) is 43.6 Å². The Kier molecular flexibility index (Phi) is 3.27. The van der Waals surface area contributed by atoms with Crippen LogP contribution in [0.25, 0.3) is 0 Å². The summed E-state index contributed by atoms with van der Waals surface area (Å²) in [4.78, 5) is 0. The largest absolute Gasteiger partial charge is 0.493 e. The van der Waals surface area contributed by atoms with Gasteiger partial charge in [-0.2, -0.15) is 0 Å². The molecule has 0 aliphatic carbocycles. The van der Waals surface area contributed by atoms with Crippen molar-refractivity contribution in [2.45, 2.75) is 38.7 Å². The number of ether oxygens (including phenoxy) is 1. The Balaban J connectivity index is 2.30. The molecule has 1 aromatic carbocycles. The molecule has 0 saturated heterocycles. The Labute approximate surface area is 90.9 Å². The summed E-state index contributed by atoms with van der Waals surface area (Å²) in [6, 6.07) is 6.09. The fourth-order valence-corrected chi connectivity index (χ4v) is 2.11. The number of para-hydroxylation sites is 1. The maximum atomic E-state index is 10.00. The average Bonchev–Trinajstić information content (AvgIpc) is 2.28. The lowest BCUT2D eigenvalue weighted by atomic mass is 9.97. The molecule has 1 unspecified atom stereocenters. The minimum Gasteiger partial charge on any atom is -0.493 e.